The molecule has 0 aromatic rings. The molecule has 36 nitrogen and oxygen atoms in total. The highest BCUT2D eigenvalue weighted by Crippen LogP contribution is 2.22. The molecule has 0 bridgehead atoms. The first-order valence-corrected chi connectivity index (χ1v) is 34.6. The molecular weight excluding hydrogens is 1340 g/mol. The molecule has 13 unspecified atom stereocenters. The molecule has 560 valence electrons. The first-order valence-electron chi connectivity index (χ1n) is 33.3. The van der Waals surface area contributed by atoms with Gasteiger partial charge in [-0.2, -0.15) is 25.3 Å². The van der Waals surface area contributed by atoms with Crippen molar-refractivity contribution in [2.24, 2.45) is 35.0 Å². The number of likely N-dealkylation sites (tertiary alicyclic amines) is 2. The average Bonchev–Trinajstić information content (AvgIpc) is 1.77. The minimum atomic E-state index is -1.68. The Bertz CT molecular complexity index is 2810. The number of hydrogen-bond donors (Lipinski definition) is 20. The minimum absolute atomic E-state index is 0.0486. The molecule has 2 aliphatic heterocycles. The second-order valence-corrected chi connectivity index (χ2v) is 25.8. The summed E-state index contributed by atoms with van der Waals surface area (Å²) < 4.78 is 0. The van der Waals surface area contributed by atoms with Crippen molar-refractivity contribution >= 4 is 120 Å². The van der Waals surface area contributed by atoms with Crippen molar-refractivity contribution in [2.45, 2.75) is 204 Å². The number of aliphatic hydroxyl groups excluding tert-OH is 1. The normalized spacial score (nSPS) is 17.6. The molecule has 99 heavy (non-hydrogen) atoms. The first-order chi connectivity index (χ1) is 46.7. The number of aliphatic hydroxyl groups is 1. The standard InChI is InChI=1S/C61H105N17O19S2/c1-8-33(6)49(58(93)75-47(31(2)3)56(91)67-25-43(80)65-26-44(81)70-39(29-98)53(88)74-48(32(4)5)57(92)68-34(7)61(96)97)76-52(87)38(28-79)69-45(82)27-66-54(89)41-17-13-24-78(41)60(95)40(30-99)73-51(86)36(15-9-11-21-62)71-50(85)37(16-10-12-22-63)72-55(90)42-18-14-23-77(42)59(94)35(64)19-20-46(83)84/h31-42,47-49,79,98-99H,8-30,62-64H2,1-7H3,(H,65,80)(H,66,89)(H,67,91)(H,68,92)(H,69,82)(H,70,81)(H,71,85)(H,72,90)(H,73,86)(H,74,88)(H,75,93)(H,76,87)(H,83,84)(H,96,97). The molecule has 21 N–H and O–H groups in total. The van der Waals surface area contributed by atoms with Gasteiger partial charge in [-0.15, -0.1) is 0 Å². The van der Waals surface area contributed by atoms with Crippen LogP contribution in [0.15, 0.2) is 0 Å². The molecule has 2 fully saturated rings. The second-order valence-electron chi connectivity index (χ2n) is 25.1. The number of nitrogens with two attached hydrogens (primary N) is 3. The topological polar surface area (TPSA) is 563 Å². The quantitative estimate of drug-likeness (QED) is 0.0199. The molecule has 0 radical (unpaired) electrons. The zero-order valence-corrected chi connectivity index (χ0v) is 59.1. The maximum Gasteiger partial charge on any atom is 0.325 e. The number of carbonyl (C=O) groups is 16. The molecule has 0 spiro atoms. The van der Waals surface area contributed by atoms with Gasteiger partial charge in [-0.25, -0.2) is 0 Å². The van der Waals surface area contributed by atoms with Crippen molar-refractivity contribution in [1.82, 2.24) is 73.6 Å². The fourth-order valence-corrected chi connectivity index (χ4v) is 11.0. The van der Waals surface area contributed by atoms with Gasteiger partial charge in [0, 0.05) is 31.0 Å². The summed E-state index contributed by atoms with van der Waals surface area (Å²) in [5.41, 5.74) is 17.5. The Morgan fingerprint density at radius 1 is 0.475 bits per heavy atom. The van der Waals surface area contributed by atoms with Crippen molar-refractivity contribution in [2.75, 3.05) is 63.9 Å². The number of carboxylic acid groups (broad SMARTS) is 2. The molecule has 2 heterocycles. The number of nitrogens with zero attached hydrogens (tertiary/aromatic N) is 2. The number of unbranched alkanes of at least 4 members (excludes halogenated alkanes) is 2. The van der Waals surface area contributed by atoms with E-state index in [4.69, 9.17) is 27.4 Å². The molecule has 2 saturated heterocycles. The lowest BCUT2D eigenvalue weighted by atomic mass is 9.96. The lowest BCUT2D eigenvalue weighted by Crippen LogP contribution is -2.60. The van der Waals surface area contributed by atoms with Crippen LogP contribution in [0.1, 0.15) is 132 Å². The summed E-state index contributed by atoms with van der Waals surface area (Å²) >= 11 is 8.42. The van der Waals surface area contributed by atoms with E-state index in [2.05, 4.69) is 89.1 Å². The summed E-state index contributed by atoms with van der Waals surface area (Å²) in [7, 11) is 0. The van der Waals surface area contributed by atoms with Crippen LogP contribution in [-0.4, -0.2) is 256 Å². The Balaban J connectivity index is 2.09. The average molecular weight is 1440 g/mol. The molecular formula is C61H105N17O19S2. The Labute approximate surface area is 586 Å². The summed E-state index contributed by atoms with van der Waals surface area (Å²) in [6, 6.07) is -15.2. The van der Waals surface area contributed by atoms with Gasteiger partial charge in [0.2, 0.25) is 82.7 Å². The summed E-state index contributed by atoms with van der Waals surface area (Å²) in [5.74, 6) is -16.0. The van der Waals surface area contributed by atoms with E-state index in [1.54, 1.807) is 41.5 Å². The predicted octanol–water partition coefficient (Wildman–Crippen LogP) is -6.56. The van der Waals surface area contributed by atoms with Gasteiger partial charge >= 0.3 is 11.9 Å². The SMILES string of the molecule is CCC(C)C(NC(=O)C(CO)NC(=O)CNC(=O)C1CCCN1C(=O)C(CS)NC(=O)C(CCCCN)NC(=O)C(CCCCN)NC(=O)C1CCCN1C(=O)C(N)CCC(=O)O)C(=O)NC(C(=O)NCC(=O)NCC(=O)NC(CS)C(=O)NC(C(=O)NC(C)C(=O)O)C(C)C)C(C)C. The molecule has 38 heteroatoms. The van der Waals surface area contributed by atoms with E-state index in [0.717, 1.165) is 0 Å². The summed E-state index contributed by atoms with van der Waals surface area (Å²) in [6.45, 7) is 8.60. The van der Waals surface area contributed by atoms with Crippen molar-refractivity contribution < 1.29 is 92.0 Å². The predicted molar refractivity (Wildman–Crippen MR) is 364 cm³/mol. The van der Waals surface area contributed by atoms with Gasteiger partial charge in [0.05, 0.1) is 32.3 Å². The van der Waals surface area contributed by atoms with Gasteiger partial charge in [-0.05, 0) is 108 Å². The largest absolute Gasteiger partial charge is 0.481 e. The zero-order chi connectivity index (χ0) is 74.8. The van der Waals surface area contributed by atoms with Crippen LogP contribution < -0.4 is 81.0 Å². The van der Waals surface area contributed by atoms with Crippen LogP contribution in [-0.2, 0) is 76.7 Å². The second kappa shape index (κ2) is 45.0. The van der Waals surface area contributed by atoms with Crippen LogP contribution in [0, 0.1) is 17.8 Å². The molecule has 0 saturated carbocycles. The summed E-state index contributed by atoms with van der Waals surface area (Å²) in [4.78, 5) is 213. The van der Waals surface area contributed by atoms with Crippen molar-refractivity contribution in [3.05, 3.63) is 0 Å². The number of thiol groups is 2. The number of aliphatic carboxylic acids is 2. The van der Waals surface area contributed by atoms with Gasteiger partial charge in [-0.3, -0.25) is 76.7 Å². The van der Waals surface area contributed by atoms with E-state index >= 15 is 0 Å². The van der Waals surface area contributed by atoms with Crippen LogP contribution in [0.5, 0.6) is 0 Å². The molecule has 14 amide bonds. The molecule has 0 aliphatic carbocycles. The number of carboxylic acids is 2. The maximum absolute atomic E-state index is 14.2. The van der Waals surface area contributed by atoms with Crippen LogP contribution in [0.2, 0.25) is 0 Å². The van der Waals surface area contributed by atoms with Gasteiger partial charge in [0.25, 0.3) is 0 Å². The monoisotopic (exact) mass is 1440 g/mol. The van der Waals surface area contributed by atoms with E-state index in [0.29, 0.717) is 44.9 Å². The third-order valence-corrected chi connectivity index (χ3v) is 17.3. The number of amides is 14. The third-order valence-electron chi connectivity index (χ3n) is 16.6. The highest BCUT2D eigenvalue weighted by Gasteiger charge is 2.41. The highest BCUT2D eigenvalue weighted by atomic mass is 32.1. The molecule has 2 rings (SSSR count). The number of rotatable bonds is 45. The maximum atomic E-state index is 14.2. The highest BCUT2D eigenvalue weighted by molar-refractivity contribution is 7.80. The molecule has 0 aromatic heterocycles. The van der Waals surface area contributed by atoms with Crippen LogP contribution in [0.4, 0.5) is 0 Å². The van der Waals surface area contributed by atoms with Crippen LogP contribution in [0.3, 0.4) is 0 Å². The fourth-order valence-electron chi connectivity index (χ4n) is 10.5. The molecule has 2 aliphatic rings. The van der Waals surface area contributed by atoms with E-state index in [-0.39, 0.29) is 76.2 Å². The van der Waals surface area contributed by atoms with E-state index in [1.165, 1.54) is 16.7 Å². The van der Waals surface area contributed by atoms with Crippen molar-refractivity contribution in [3.8, 4) is 0 Å². The Kier molecular flexibility index (Phi) is 39.6. The van der Waals surface area contributed by atoms with Crippen LogP contribution >= 0.6 is 25.3 Å². The Morgan fingerprint density at radius 2 is 0.919 bits per heavy atom. The summed E-state index contributed by atoms with van der Waals surface area (Å²) in [5, 5.41) is 58.1. The van der Waals surface area contributed by atoms with E-state index in [9.17, 15) is 81.8 Å². The third kappa shape index (κ3) is 29.4. The van der Waals surface area contributed by atoms with Gasteiger partial charge in [0.1, 0.15) is 66.5 Å². The van der Waals surface area contributed by atoms with Crippen molar-refractivity contribution in [1.29, 1.82) is 0 Å². The molecule has 0 aromatic carbocycles. The smallest absolute Gasteiger partial charge is 0.325 e. The van der Waals surface area contributed by atoms with Gasteiger partial charge in [-0.1, -0.05) is 48.0 Å². The number of nitrogens with one attached hydrogen (secondary N) is 12. The van der Waals surface area contributed by atoms with Crippen molar-refractivity contribution in [3.63, 3.8) is 0 Å². The summed E-state index contributed by atoms with van der Waals surface area (Å²) in [6.07, 6.45) is 2.75. The van der Waals surface area contributed by atoms with Gasteiger partial charge < -0.3 is 106 Å². The Hall–Kier alpha value is -7.94. The van der Waals surface area contributed by atoms with E-state index in [1.807, 2.05) is 0 Å². The minimum Gasteiger partial charge on any atom is -0.481 e. The van der Waals surface area contributed by atoms with E-state index < -0.39 is 211 Å². The lowest BCUT2D eigenvalue weighted by molar-refractivity contribution is -0.142. The zero-order valence-electron chi connectivity index (χ0n) is 57.3. The fraction of sp³-hybridized carbons (Fsp3) is 0.738. The first kappa shape index (κ1) is 87.1. The number of hydrogen-bond acceptors (Lipinski definition) is 22. The van der Waals surface area contributed by atoms with Gasteiger partial charge in [0.15, 0.2) is 0 Å². The Morgan fingerprint density at radius 3 is 1.42 bits per heavy atom. The number of carbonyl (C=O) groups excluding carboxylic acids is 14. The lowest BCUT2D eigenvalue weighted by Gasteiger charge is -2.30. The molecule has 13 atom stereocenters. The van der Waals surface area contributed by atoms with Crippen LogP contribution in [0.25, 0.3) is 0 Å².